The van der Waals surface area contributed by atoms with E-state index in [4.69, 9.17) is 0 Å². The van der Waals surface area contributed by atoms with Crippen LogP contribution in [-0.2, 0) is 0 Å². The summed E-state index contributed by atoms with van der Waals surface area (Å²) in [5.41, 5.74) is 2.91. The van der Waals surface area contributed by atoms with E-state index in [9.17, 15) is 0 Å². The number of rotatable bonds is 3. The SMILES string of the molecule is Cc1ccccc1[As](c1ccccc1C)C(C)C. The van der Waals surface area contributed by atoms with Crippen LogP contribution in [0.2, 0.25) is 4.71 Å². The van der Waals surface area contributed by atoms with Gasteiger partial charge in [-0.25, -0.2) is 0 Å². The van der Waals surface area contributed by atoms with Crippen LogP contribution in [0.3, 0.4) is 0 Å². The Labute approximate surface area is 115 Å². The Morgan fingerprint density at radius 3 is 1.44 bits per heavy atom. The van der Waals surface area contributed by atoms with Crippen molar-refractivity contribution in [2.45, 2.75) is 32.4 Å². The summed E-state index contributed by atoms with van der Waals surface area (Å²) >= 11 is -1.18. The molecule has 0 spiro atoms. The van der Waals surface area contributed by atoms with E-state index in [1.54, 1.807) is 8.70 Å². The standard InChI is InChI=1S/C17H21As/c1-13(2)18(16-11-7-5-9-14(16)3)17-12-8-6-10-15(17)4/h5-13H,1-4H3. The van der Waals surface area contributed by atoms with E-state index < -0.39 is 14.7 Å². The normalized spacial score (nSPS) is 11.2. The van der Waals surface area contributed by atoms with Gasteiger partial charge in [0.25, 0.3) is 0 Å². The van der Waals surface area contributed by atoms with Gasteiger partial charge < -0.3 is 0 Å². The minimum atomic E-state index is -1.18. The van der Waals surface area contributed by atoms with Crippen LogP contribution in [0, 0.1) is 13.8 Å². The second kappa shape index (κ2) is 5.76. The van der Waals surface area contributed by atoms with Crippen molar-refractivity contribution in [3.05, 3.63) is 59.7 Å². The topological polar surface area (TPSA) is 0 Å². The van der Waals surface area contributed by atoms with Gasteiger partial charge in [-0.2, -0.15) is 0 Å². The van der Waals surface area contributed by atoms with E-state index in [1.807, 2.05) is 0 Å². The zero-order valence-corrected chi connectivity index (χ0v) is 13.5. The molecule has 94 valence electrons. The van der Waals surface area contributed by atoms with Crippen LogP contribution in [0.4, 0.5) is 0 Å². The quantitative estimate of drug-likeness (QED) is 0.763. The summed E-state index contributed by atoms with van der Waals surface area (Å²) in [7, 11) is 0. The number of hydrogen-bond donors (Lipinski definition) is 0. The predicted molar refractivity (Wildman–Crippen MR) is 82.5 cm³/mol. The van der Waals surface area contributed by atoms with Crippen molar-refractivity contribution in [3.8, 4) is 0 Å². The molecule has 2 aromatic carbocycles. The first-order valence-corrected chi connectivity index (χ1v) is 9.47. The van der Waals surface area contributed by atoms with Crippen LogP contribution in [0.15, 0.2) is 48.5 Å². The molecule has 18 heavy (non-hydrogen) atoms. The molecule has 0 fully saturated rings. The Morgan fingerprint density at radius 2 is 1.11 bits per heavy atom. The van der Waals surface area contributed by atoms with E-state index >= 15 is 0 Å². The van der Waals surface area contributed by atoms with Gasteiger partial charge in [0.1, 0.15) is 0 Å². The Kier molecular flexibility index (Phi) is 4.30. The molecule has 0 N–H and O–H groups in total. The summed E-state index contributed by atoms with van der Waals surface area (Å²) in [4.78, 5) is 0. The van der Waals surface area contributed by atoms with Crippen LogP contribution in [0.1, 0.15) is 25.0 Å². The van der Waals surface area contributed by atoms with Gasteiger partial charge in [-0.05, 0) is 0 Å². The number of aryl methyl sites for hydroxylation is 2. The fourth-order valence-electron chi connectivity index (χ4n) is 2.35. The van der Waals surface area contributed by atoms with Crippen molar-refractivity contribution in [3.63, 3.8) is 0 Å². The first-order valence-electron chi connectivity index (χ1n) is 6.51. The van der Waals surface area contributed by atoms with Gasteiger partial charge in [-0.3, -0.25) is 0 Å². The molecule has 2 rings (SSSR count). The zero-order valence-electron chi connectivity index (χ0n) is 11.6. The summed E-state index contributed by atoms with van der Waals surface area (Å²) in [6, 6.07) is 17.8. The zero-order chi connectivity index (χ0) is 13.1. The second-order valence-electron chi connectivity index (χ2n) is 5.04. The van der Waals surface area contributed by atoms with Crippen LogP contribution in [0.5, 0.6) is 0 Å². The van der Waals surface area contributed by atoms with Crippen molar-refractivity contribution >= 4 is 23.4 Å². The number of hydrogen-bond acceptors (Lipinski definition) is 0. The molecule has 0 saturated heterocycles. The van der Waals surface area contributed by atoms with Crippen LogP contribution in [-0.4, -0.2) is 14.7 Å². The third kappa shape index (κ3) is 2.70. The number of benzene rings is 2. The van der Waals surface area contributed by atoms with Gasteiger partial charge in [-0.15, -0.1) is 0 Å². The fraction of sp³-hybridized carbons (Fsp3) is 0.294. The van der Waals surface area contributed by atoms with E-state index in [0.29, 0.717) is 0 Å². The molecular weight excluding hydrogens is 279 g/mol. The summed E-state index contributed by atoms with van der Waals surface area (Å²) in [5, 5.41) is 0. The molecule has 0 atom stereocenters. The molecule has 0 aromatic heterocycles. The van der Waals surface area contributed by atoms with Crippen molar-refractivity contribution in [1.82, 2.24) is 0 Å². The monoisotopic (exact) mass is 300 g/mol. The molecule has 1 heteroatoms. The Morgan fingerprint density at radius 1 is 0.722 bits per heavy atom. The Hall–Kier alpha value is -1.00. The average Bonchev–Trinajstić information content (AvgIpc) is 2.34. The van der Waals surface area contributed by atoms with Crippen molar-refractivity contribution in [2.24, 2.45) is 0 Å². The molecule has 2 aromatic rings. The van der Waals surface area contributed by atoms with Gasteiger partial charge in [-0.1, -0.05) is 0 Å². The Bertz CT molecular complexity index is 483. The first-order chi connectivity index (χ1) is 8.61. The molecule has 0 bridgehead atoms. The molecule has 0 amide bonds. The Balaban J connectivity index is 2.55. The van der Waals surface area contributed by atoms with Crippen LogP contribution >= 0.6 is 0 Å². The molecular formula is C17H21As. The third-order valence-electron chi connectivity index (χ3n) is 3.27. The summed E-state index contributed by atoms with van der Waals surface area (Å²) < 4.78 is 3.96. The molecule has 0 nitrogen and oxygen atoms in total. The van der Waals surface area contributed by atoms with E-state index in [2.05, 4.69) is 76.2 Å². The molecule has 0 saturated carbocycles. The van der Waals surface area contributed by atoms with Gasteiger partial charge in [0.05, 0.1) is 0 Å². The molecule has 0 aliphatic carbocycles. The van der Waals surface area contributed by atoms with Gasteiger partial charge in [0, 0.05) is 0 Å². The molecule has 0 aliphatic rings. The third-order valence-corrected chi connectivity index (χ3v) is 9.72. The van der Waals surface area contributed by atoms with Crippen molar-refractivity contribution in [2.75, 3.05) is 0 Å². The van der Waals surface area contributed by atoms with Gasteiger partial charge in [0.2, 0.25) is 0 Å². The molecule has 0 heterocycles. The molecule has 0 aliphatic heterocycles. The molecule has 0 unspecified atom stereocenters. The minimum absolute atomic E-state index is 0.750. The van der Waals surface area contributed by atoms with Crippen LogP contribution in [0.25, 0.3) is 0 Å². The van der Waals surface area contributed by atoms with Crippen LogP contribution < -0.4 is 8.70 Å². The van der Waals surface area contributed by atoms with Gasteiger partial charge >= 0.3 is 115 Å². The van der Waals surface area contributed by atoms with E-state index in [-0.39, 0.29) is 0 Å². The fourth-order valence-corrected chi connectivity index (χ4v) is 8.17. The summed E-state index contributed by atoms with van der Waals surface area (Å²) in [6.07, 6.45) is 0. The second-order valence-corrected chi connectivity index (χ2v) is 10.8. The summed E-state index contributed by atoms with van der Waals surface area (Å²) in [5.74, 6) is 0. The average molecular weight is 300 g/mol. The first kappa shape index (κ1) is 13.4. The van der Waals surface area contributed by atoms with E-state index in [0.717, 1.165) is 4.71 Å². The maximum absolute atomic E-state index is 2.37. The maximum atomic E-state index is 2.37. The van der Waals surface area contributed by atoms with E-state index in [1.165, 1.54) is 11.1 Å². The predicted octanol–water partition coefficient (Wildman–Crippen LogP) is 3.32. The molecule has 0 radical (unpaired) electrons. The summed E-state index contributed by atoms with van der Waals surface area (Å²) in [6.45, 7) is 9.24. The van der Waals surface area contributed by atoms with Gasteiger partial charge in [0.15, 0.2) is 0 Å². The van der Waals surface area contributed by atoms with Crippen molar-refractivity contribution < 1.29 is 0 Å². The van der Waals surface area contributed by atoms with Crippen molar-refractivity contribution in [1.29, 1.82) is 0 Å².